The maximum atomic E-state index is 11.5. The zero-order chi connectivity index (χ0) is 14.3. The van der Waals surface area contributed by atoms with E-state index >= 15 is 0 Å². The zero-order valence-electron chi connectivity index (χ0n) is 11.3. The average Bonchev–Trinajstić information content (AvgIpc) is 2.38. The molecule has 19 heavy (non-hydrogen) atoms. The highest BCUT2D eigenvalue weighted by Gasteiger charge is 2.20. The van der Waals surface area contributed by atoms with Gasteiger partial charge in [-0.3, -0.25) is 0 Å². The zero-order valence-corrected chi connectivity index (χ0v) is 11.3. The first-order chi connectivity index (χ1) is 9.02. The van der Waals surface area contributed by atoms with E-state index in [0.29, 0.717) is 0 Å². The molecule has 1 rings (SSSR count). The molecule has 1 saturated heterocycles. The molecule has 1 atom stereocenters. The normalized spacial score (nSPS) is 18.8. The third-order valence-corrected chi connectivity index (χ3v) is 3.20. The molecule has 0 aromatic rings. The predicted molar refractivity (Wildman–Crippen MR) is 69.9 cm³/mol. The van der Waals surface area contributed by atoms with E-state index in [9.17, 15) is 9.59 Å². The molecule has 1 unspecified atom stereocenters. The van der Waals surface area contributed by atoms with E-state index in [0.717, 1.165) is 38.9 Å². The number of carbonyl (C=O) groups is 2. The second-order valence-electron chi connectivity index (χ2n) is 4.82. The first-order valence-corrected chi connectivity index (χ1v) is 6.70. The summed E-state index contributed by atoms with van der Waals surface area (Å²) in [6.07, 6.45) is 1.37. The van der Waals surface area contributed by atoms with Crippen LogP contribution in [0.15, 0.2) is 0 Å². The van der Waals surface area contributed by atoms with Gasteiger partial charge in [-0.2, -0.15) is 0 Å². The summed E-state index contributed by atoms with van der Waals surface area (Å²) in [5.74, 6) is -1.34. The molecule has 0 bridgehead atoms. The quantitative estimate of drug-likeness (QED) is 0.528. The van der Waals surface area contributed by atoms with E-state index in [1.165, 1.54) is 0 Å². The van der Waals surface area contributed by atoms with Crippen molar-refractivity contribution >= 4 is 12.0 Å². The molecular formula is C12H23N3O4. The molecule has 0 saturated carbocycles. The fraction of sp³-hybridized carbons (Fsp3) is 0.833. The molecule has 1 fully saturated rings. The van der Waals surface area contributed by atoms with Gasteiger partial charge in [-0.25, -0.2) is 9.59 Å². The summed E-state index contributed by atoms with van der Waals surface area (Å²) in [5, 5.41) is 22.6. The molecule has 7 nitrogen and oxygen atoms in total. The van der Waals surface area contributed by atoms with Crippen LogP contribution in [0.2, 0.25) is 0 Å². The maximum absolute atomic E-state index is 11.5. The highest BCUT2D eigenvalue weighted by molar-refractivity contribution is 5.76. The number of aliphatic carboxylic acids is 1. The highest BCUT2D eigenvalue weighted by Crippen LogP contribution is 2.10. The minimum absolute atomic E-state index is 0.120. The molecule has 1 aliphatic heterocycles. The highest BCUT2D eigenvalue weighted by atomic mass is 16.4. The van der Waals surface area contributed by atoms with Crippen LogP contribution < -0.4 is 10.6 Å². The van der Waals surface area contributed by atoms with Crippen LogP contribution in [0.4, 0.5) is 4.79 Å². The Morgan fingerprint density at radius 1 is 1.37 bits per heavy atom. The van der Waals surface area contributed by atoms with Crippen molar-refractivity contribution in [3.8, 4) is 0 Å². The lowest BCUT2D eigenvalue weighted by Gasteiger charge is -2.32. The van der Waals surface area contributed by atoms with Crippen molar-refractivity contribution in [2.24, 2.45) is 0 Å². The molecule has 2 amide bonds. The van der Waals surface area contributed by atoms with Gasteiger partial charge < -0.3 is 25.7 Å². The van der Waals surface area contributed by atoms with Crippen LogP contribution in [-0.2, 0) is 4.79 Å². The van der Waals surface area contributed by atoms with Gasteiger partial charge in [0.2, 0.25) is 0 Å². The van der Waals surface area contributed by atoms with Crippen molar-refractivity contribution in [3.63, 3.8) is 0 Å². The van der Waals surface area contributed by atoms with Gasteiger partial charge >= 0.3 is 12.0 Å². The first-order valence-electron chi connectivity index (χ1n) is 6.70. The minimum atomic E-state index is -1.56. The molecule has 0 radical (unpaired) electrons. The SMILES string of the molecule is CCCN1CCC(NC(=O)NCC(O)C(=O)O)CC1. The third-order valence-electron chi connectivity index (χ3n) is 3.20. The minimum Gasteiger partial charge on any atom is -0.479 e. The van der Waals surface area contributed by atoms with Crippen molar-refractivity contribution in [1.82, 2.24) is 15.5 Å². The van der Waals surface area contributed by atoms with Gasteiger partial charge in [0.25, 0.3) is 0 Å². The molecule has 1 aliphatic rings. The van der Waals surface area contributed by atoms with Crippen LogP contribution in [0, 0.1) is 0 Å². The molecule has 0 aromatic heterocycles. The lowest BCUT2D eigenvalue weighted by molar-refractivity contribution is -0.146. The predicted octanol–water partition coefficient (Wildman–Crippen LogP) is -0.394. The van der Waals surface area contributed by atoms with Crippen LogP contribution >= 0.6 is 0 Å². The van der Waals surface area contributed by atoms with E-state index in [-0.39, 0.29) is 12.6 Å². The fourth-order valence-electron chi connectivity index (χ4n) is 2.13. The Balaban J connectivity index is 2.18. The van der Waals surface area contributed by atoms with Gasteiger partial charge in [-0.15, -0.1) is 0 Å². The fourth-order valence-corrected chi connectivity index (χ4v) is 2.13. The van der Waals surface area contributed by atoms with E-state index in [2.05, 4.69) is 22.5 Å². The molecule has 0 spiro atoms. The summed E-state index contributed by atoms with van der Waals surface area (Å²) in [6, 6.07) is -0.302. The number of amides is 2. The van der Waals surface area contributed by atoms with Gasteiger partial charge in [0, 0.05) is 19.1 Å². The topological polar surface area (TPSA) is 102 Å². The smallest absolute Gasteiger partial charge is 0.334 e. The summed E-state index contributed by atoms with van der Waals surface area (Å²) in [6.45, 7) is 4.89. The number of urea groups is 1. The lowest BCUT2D eigenvalue weighted by atomic mass is 10.1. The van der Waals surface area contributed by atoms with Crippen molar-refractivity contribution in [3.05, 3.63) is 0 Å². The Morgan fingerprint density at radius 3 is 2.53 bits per heavy atom. The molecule has 7 heteroatoms. The number of nitrogens with one attached hydrogen (secondary N) is 2. The van der Waals surface area contributed by atoms with Crippen LogP contribution in [0.25, 0.3) is 0 Å². The van der Waals surface area contributed by atoms with Gasteiger partial charge in [-0.05, 0) is 25.8 Å². The summed E-state index contributed by atoms with van der Waals surface area (Å²) < 4.78 is 0. The number of carboxylic acid groups (broad SMARTS) is 1. The van der Waals surface area contributed by atoms with Gasteiger partial charge in [0.05, 0.1) is 6.54 Å². The van der Waals surface area contributed by atoms with E-state index in [1.807, 2.05) is 0 Å². The number of carbonyl (C=O) groups excluding carboxylic acids is 1. The Bertz CT molecular complexity index is 303. The molecular weight excluding hydrogens is 250 g/mol. The number of aliphatic hydroxyl groups is 1. The number of nitrogens with zero attached hydrogens (tertiary/aromatic N) is 1. The number of piperidine rings is 1. The van der Waals surface area contributed by atoms with Gasteiger partial charge in [0.1, 0.15) is 0 Å². The van der Waals surface area contributed by atoms with Gasteiger partial charge in [0.15, 0.2) is 6.10 Å². The Labute approximate surface area is 113 Å². The van der Waals surface area contributed by atoms with Crippen LogP contribution in [-0.4, -0.2) is 65.4 Å². The van der Waals surface area contributed by atoms with Crippen molar-refractivity contribution in [2.45, 2.75) is 38.3 Å². The monoisotopic (exact) mass is 273 g/mol. The first kappa shape index (κ1) is 15.7. The molecule has 0 aromatic carbocycles. The second kappa shape index (κ2) is 7.96. The largest absolute Gasteiger partial charge is 0.479 e. The number of aliphatic hydroxyl groups excluding tert-OH is 1. The molecule has 4 N–H and O–H groups in total. The van der Waals surface area contributed by atoms with Crippen molar-refractivity contribution < 1.29 is 19.8 Å². The summed E-state index contributed by atoms with van der Waals surface area (Å²) in [4.78, 5) is 24.2. The van der Waals surface area contributed by atoms with E-state index < -0.39 is 18.1 Å². The van der Waals surface area contributed by atoms with Crippen molar-refractivity contribution in [1.29, 1.82) is 0 Å². The van der Waals surface area contributed by atoms with Crippen LogP contribution in [0.1, 0.15) is 26.2 Å². The van der Waals surface area contributed by atoms with Crippen molar-refractivity contribution in [2.75, 3.05) is 26.2 Å². The van der Waals surface area contributed by atoms with E-state index in [1.54, 1.807) is 0 Å². The number of hydrogen-bond acceptors (Lipinski definition) is 4. The number of hydrogen-bond donors (Lipinski definition) is 4. The Morgan fingerprint density at radius 2 is 2.00 bits per heavy atom. The standard InChI is InChI=1S/C12H23N3O4/c1-2-5-15-6-3-9(4-7-15)14-12(19)13-8-10(16)11(17)18/h9-10,16H,2-8H2,1H3,(H,17,18)(H2,13,14,19). The molecule has 0 aliphatic carbocycles. The third kappa shape index (κ3) is 5.89. The number of rotatable bonds is 6. The average molecular weight is 273 g/mol. The molecule has 1 heterocycles. The number of likely N-dealkylation sites (tertiary alicyclic amines) is 1. The lowest BCUT2D eigenvalue weighted by Crippen LogP contribution is -2.49. The summed E-state index contributed by atoms with van der Waals surface area (Å²) in [5.41, 5.74) is 0. The molecule has 110 valence electrons. The van der Waals surface area contributed by atoms with Gasteiger partial charge in [-0.1, -0.05) is 6.92 Å². The maximum Gasteiger partial charge on any atom is 0.334 e. The summed E-state index contributed by atoms with van der Waals surface area (Å²) >= 11 is 0. The Kier molecular flexibility index (Phi) is 6.58. The summed E-state index contributed by atoms with van der Waals surface area (Å²) in [7, 11) is 0. The Hall–Kier alpha value is -1.34. The van der Waals surface area contributed by atoms with Crippen LogP contribution in [0.3, 0.4) is 0 Å². The number of carboxylic acids is 1. The van der Waals surface area contributed by atoms with E-state index in [4.69, 9.17) is 10.2 Å². The van der Waals surface area contributed by atoms with Crippen LogP contribution in [0.5, 0.6) is 0 Å². The second-order valence-corrected chi connectivity index (χ2v) is 4.82.